The Kier molecular flexibility index (Phi) is 21.3. The monoisotopic (exact) mass is 440 g/mol. The first-order valence-corrected chi connectivity index (χ1v) is 13.3. The highest BCUT2D eigenvalue weighted by Crippen LogP contribution is 2.14. The number of carbonyl (C=O) groups is 2. The molecule has 0 spiro atoms. The molecule has 0 aliphatic heterocycles. The molecular formula is C26H52N2O3. The second-order valence-corrected chi connectivity index (χ2v) is 8.98. The topological polar surface area (TPSA) is 72.6 Å². The second-order valence-electron chi connectivity index (χ2n) is 8.98. The van der Waals surface area contributed by atoms with Crippen molar-refractivity contribution in [1.29, 1.82) is 0 Å². The first-order valence-electron chi connectivity index (χ1n) is 13.3. The summed E-state index contributed by atoms with van der Waals surface area (Å²) in [4.78, 5) is 25.8. The van der Waals surface area contributed by atoms with Crippen LogP contribution in [0.15, 0.2) is 0 Å². The molecule has 0 aromatic carbocycles. The zero-order valence-electron chi connectivity index (χ0n) is 21.0. The average Bonchev–Trinajstić information content (AvgIpc) is 2.74. The molecule has 0 rings (SSSR count). The summed E-state index contributed by atoms with van der Waals surface area (Å²) in [5.41, 5.74) is 5.47. The van der Waals surface area contributed by atoms with Crippen molar-refractivity contribution in [3.8, 4) is 0 Å². The number of hydrogen-bond donors (Lipinski definition) is 1. The molecule has 31 heavy (non-hydrogen) atoms. The van der Waals surface area contributed by atoms with Crippen molar-refractivity contribution in [2.45, 2.75) is 143 Å². The highest BCUT2D eigenvalue weighted by atomic mass is 16.6. The summed E-state index contributed by atoms with van der Waals surface area (Å²) in [6.45, 7) is 7.75. The highest BCUT2D eigenvalue weighted by molar-refractivity contribution is 5.81. The molecular weight excluding hydrogens is 388 g/mol. The maximum Gasteiger partial charge on any atom is 0.307 e. The van der Waals surface area contributed by atoms with Gasteiger partial charge in [0, 0.05) is 19.5 Å². The summed E-state index contributed by atoms with van der Waals surface area (Å²) in [5.74, 6) is -0.887. The number of unbranched alkanes of at least 4 members (excludes halogenated alkanes) is 14. The van der Waals surface area contributed by atoms with Crippen molar-refractivity contribution in [2.24, 2.45) is 5.73 Å². The van der Waals surface area contributed by atoms with Gasteiger partial charge >= 0.3 is 5.97 Å². The molecule has 1 atom stereocenters. The Bertz CT molecular complexity index is 423. The molecule has 5 heteroatoms. The Morgan fingerprint density at radius 3 is 1.39 bits per heavy atom. The third kappa shape index (κ3) is 18.2. The Morgan fingerprint density at radius 1 is 0.645 bits per heavy atom. The van der Waals surface area contributed by atoms with Crippen LogP contribution in [0.5, 0.6) is 0 Å². The lowest BCUT2D eigenvalue weighted by atomic mass is 10.0. The third-order valence-corrected chi connectivity index (χ3v) is 5.82. The van der Waals surface area contributed by atoms with E-state index in [9.17, 15) is 9.59 Å². The number of nitrogens with zero attached hydrogens (tertiary/aromatic N) is 1. The molecule has 0 saturated carbocycles. The molecule has 0 aliphatic carbocycles. The summed E-state index contributed by atoms with van der Waals surface area (Å²) in [5, 5.41) is 0. The van der Waals surface area contributed by atoms with Crippen LogP contribution in [0.3, 0.4) is 0 Å². The van der Waals surface area contributed by atoms with Crippen molar-refractivity contribution >= 4 is 11.9 Å². The smallest absolute Gasteiger partial charge is 0.307 e. The van der Waals surface area contributed by atoms with E-state index in [2.05, 4.69) is 6.92 Å². The van der Waals surface area contributed by atoms with E-state index in [0.29, 0.717) is 19.5 Å². The van der Waals surface area contributed by atoms with E-state index in [1.807, 2.05) is 18.7 Å². The Hall–Kier alpha value is -1.10. The van der Waals surface area contributed by atoms with Crippen LogP contribution in [0.2, 0.25) is 0 Å². The molecule has 0 aromatic rings. The van der Waals surface area contributed by atoms with E-state index in [4.69, 9.17) is 10.5 Å². The lowest BCUT2D eigenvalue weighted by Crippen LogP contribution is -2.48. The maximum atomic E-state index is 12.1. The van der Waals surface area contributed by atoms with Crippen molar-refractivity contribution in [3.63, 3.8) is 0 Å². The van der Waals surface area contributed by atoms with Crippen LogP contribution in [0.4, 0.5) is 0 Å². The Labute approximate surface area is 192 Å². The van der Waals surface area contributed by atoms with Crippen molar-refractivity contribution in [1.82, 2.24) is 4.90 Å². The zero-order valence-corrected chi connectivity index (χ0v) is 21.0. The van der Waals surface area contributed by atoms with E-state index in [0.717, 1.165) is 25.7 Å². The van der Waals surface area contributed by atoms with Crippen molar-refractivity contribution < 1.29 is 14.3 Å². The van der Waals surface area contributed by atoms with Crippen molar-refractivity contribution in [2.75, 3.05) is 13.1 Å². The molecule has 0 radical (unpaired) electrons. The fourth-order valence-electron chi connectivity index (χ4n) is 4.06. The van der Waals surface area contributed by atoms with Gasteiger partial charge in [-0.3, -0.25) is 14.5 Å². The van der Waals surface area contributed by atoms with Crippen LogP contribution < -0.4 is 5.73 Å². The lowest BCUT2D eigenvalue weighted by molar-refractivity contribution is -0.166. The van der Waals surface area contributed by atoms with Gasteiger partial charge in [0.05, 0.1) is 0 Å². The SMILES string of the molecule is CCCCCCCCCCCCCCCCCC(=O)OC(C(N)=O)N(CCC)CCC. The van der Waals surface area contributed by atoms with Gasteiger partial charge in [-0.05, 0) is 19.3 Å². The van der Waals surface area contributed by atoms with E-state index in [-0.39, 0.29) is 5.97 Å². The van der Waals surface area contributed by atoms with Crippen LogP contribution in [0, 0.1) is 0 Å². The van der Waals surface area contributed by atoms with Gasteiger partial charge < -0.3 is 10.5 Å². The van der Waals surface area contributed by atoms with Gasteiger partial charge in [-0.2, -0.15) is 0 Å². The first-order chi connectivity index (χ1) is 15.1. The fraction of sp³-hybridized carbons (Fsp3) is 0.923. The molecule has 0 bridgehead atoms. The number of amides is 1. The highest BCUT2D eigenvalue weighted by Gasteiger charge is 2.26. The van der Waals surface area contributed by atoms with Crippen LogP contribution in [0.25, 0.3) is 0 Å². The number of hydrogen-bond acceptors (Lipinski definition) is 4. The molecule has 0 aliphatic rings. The van der Waals surface area contributed by atoms with Crippen molar-refractivity contribution in [3.05, 3.63) is 0 Å². The van der Waals surface area contributed by atoms with Gasteiger partial charge in [0.1, 0.15) is 0 Å². The molecule has 0 saturated heterocycles. The van der Waals surface area contributed by atoms with E-state index < -0.39 is 12.1 Å². The van der Waals surface area contributed by atoms with Gasteiger partial charge in [-0.15, -0.1) is 0 Å². The number of ether oxygens (including phenoxy) is 1. The summed E-state index contributed by atoms with van der Waals surface area (Å²) in [6.07, 6.45) is 20.7. The maximum absolute atomic E-state index is 12.1. The average molecular weight is 441 g/mol. The number of esters is 1. The van der Waals surface area contributed by atoms with Gasteiger partial charge in [-0.25, -0.2) is 0 Å². The molecule has 184 valence electrons. The largest absolute Gasteiger partial charge is 0.437 e. The van der Waals surface area contributed by atoms with Gasteiger partial charge in [0.15, 0.2) is 0 Å². The van der Waals surface area contributed by atoms with Gasteiger partial charge in [-0.1, -0.05) is 111 Å². The van der Waals surface area contributed by atoms with Crippen LogP contribution >= 0.6 is 0 Å². The summed E-state index contributed by atoms with van der Waals surface area (Å²) in [6, 6.07) is 0. The number of primary amides is 1. The molecule has 0 fully saturated rings. The molecule has 2 N–H and O–H groups in total. The summed E-state index contributed by atoms with van der Waals surface area (Å²) < 4.78 is 5.41. The first kappa shape index (κ1) is 29.9. The minimum atomic E-state index is -0.927. The standard InChI is InChI=1S/C26H52N2O3/c1-4-7-8-9-10-11-12-13-14-15-16-17-18-19-20-21-24(29)31-26(25(27)30)28(22-5-2)23-6-3/h26H,4-23H2,1-3H3,(H2,27,30). The molecule has 0 aromatic heterocycles. The number of rotatable bonds is 23. The zero-order chi connectivity index (χ0) is 23.2. The third-order valence-electron chi connectivity index (χ3n) is 5.82. The van der Waals surface area contributed by atoms with E-state index in [1.54, 1.807) is 0 Å². The molecule has 1 amide bonds. The lowest BCUT2D eigenvalue weighted by Gasteiger charge is -2.28. The molecule has 5 nitrogen and oxygen atoms in total. The van der Waals surface area contributed by atoms with Gasteiger partial charge in [0.2, 0.25) is 6.23 Å². The Balaban J connectivity index is 3.66. The minimum Gasteiger partial charge on any atom is -0.437 e. The van der Waals surface area contributed by atoms with Crippen LogP contribution in [-0.4, -0.2) is 36.1 Å². The number of carbonyl (C=O) groups excluding carboxylic acids is 2. The predicted octanol–water partition coefficient (Wildman–Crippen LogP) is 6.72. The number of nitrogens with two attached hydrogens (primary N) is 1. The second kappa shape index (κ2) is 22.1. The van der Waals surface area contributed by atoms with E-state index in [1.165, 1.54) is 83.5 Å². The Morgan fingerprint density at radius 2 is 1.03 bits per heavy atom. The summed E-state index contributed by atoms with van der Waals surface area (Å²) in [7, 11) is 0. The normalized spacial score (nSPS) is 12.3. The molecule has 1 unspecified atom stereocenters. The minimum absolute atomic E-state index is 0.310. The fourth-order valence-corrected chi connectivity index (χ4v) is 4.06. The predicted molar refractivity (Wildman–Crippen MR) is 131 cm³/mol. The van der Waals surface area contributed by atoms with Crippen LogP contribution in [0.1, 0.15) is 136 Å². The molecule has 0 heterocycles. The van der Waals surface area contributed by atoms with Gasteiger partial charge in [0.25, 0.3) is 5.91 Å². The quantitative estimate of drug-likeness (QED) is 0.109. The summed E-state index contributed by atoms with van der Waals surface area (Å²) >= 11 is 0. The van der Waals surface area contributed by atoms with E-state index >= 15 is 0 Å². The van der Waals surface area contributed by atoms with Crippen LogP contribution in [-0.2, 0) is 14.3 Å².